The highest BCUT2D eigenvalue weighted by molar-refractivity contribution is 5.89. The number of hydrogen-bond acceptors (Lipinski definition) is 5. The summed E-state index contributed by atoms with van der Waals surface area (Å²) in [7, 11) is 3.80. The normalized spacial score (nSPS) is 10.7. The van der Waals surface area contributed by atoms with E-state index in [1.807, 2.05) is 44.4 Å². The first-order valence-electron chi connectivity index (χ1n) is 10.5. The minimum absolute atomic E-state index is 0.0783. The van der Waals surface area contributed by atoms with Crippen LogP contribution in [0.5, 0.6) is 0 Å². The van der Waals surface area contributed by atoms with Gasteiger partial charge in [-0.15, -0.1) is 0 Å². The second-order valence-corrected chi connectivity index (χ2v) is 7.42. The monoisotopic (exact) mass is 426 g/mol. The highest BCUT2D eigenvalue weighted by Crippen LogP contribution is 2.34. The number of carbonyl (C=O) groups excluding carboxylic acids is 1. The molecule has 1 heterocycles. The minimum Gasteiger partial charge on any atom is -0.461 e. The van der Waals surface area contributed by atoms with Crippen LogP contribution in [0.1, 0.15) is 38.9 Å². The number of esters is 1. The van der Waals surface area contributed by atoms with E-state index in [2.05, 4.69) is 59.2 Å². The lowest BCUT2D eigenvalue weighted by atomic mass is 9.89. The van der Waals surface area contributed by atoms with E-state index in [1.54, 1.807) is 12.1 Å². The SMILES string of the molecule is CNc1ccc(C(c2ccc(NC)cc2)c2ccc(COC(=O)c3ccccc3)o2)cc1. The maximum absolute atomic E-state index is 12.2. The Kier molecular flexibility index (Phi) is 6.56. The molecule has 0 saturated carbocycles. The molecule has 0 aliphatic heterocycles. The molecule has 0 spiro atoms. The van der Waals surface area contributed by atoms with E-state index in [9.17, 15) is 4.79 Å². The molecular weight excluding hydrogens is 400 g/mol. The zero-order valence-corrected chi connectivity index (χ0v) is 18.2. The third kappa shape index (κ3) is 4.83. The van der Waals surface area contributed by atoms with Gasteiger partial charge in [0, 0.05) is 25.5 Å². The molecule has 1 aromatic heterocycles. The van der Waals surface area contributed by atoms with Gasteiger partial charge >= 0.3 is 5.97 Å². The van der Waals surface area contributed by atoms with Crippen molar-refractivity contribution in [2.75, 3.05) is 24.7 Å². The van der Waals surface area contributed by atoms with Crippen molar-refractivity contribution in [2.45, 2.75) is 12.5 Å². The van der Waals surface area contributed by atoms with Gasteiger partial charge in [0.2, 0.25) is 0 Å². The number of nitrogens with one attached hydrogen (secondary N) is 2. The van der Waals surface area contributed by atoms with Gasteiger partial charge in [0.1, 0.15) is 18.1 Å². The van der Waals surface area contributed by atoms with Gasteiger partial charge in [-0.3, -0.25) is 0 Å². The van der Waals surface area contributed by atoms with Crippen LogP contribution < -0.4 is 10.6 Å². The number of carbonyl (C=O) groups is 1. The zero-order chi connectivity index (χ0) is 22.3. The van der Waals surface area contributed by atoms with Crippen molar-refractivity contribution in [1.82, 2.24) is 0 Å². The lowest BCUT2D eigenvalue weighted by Crippen LogP contribution is -2.05. The molecular formula is C27H26N2O3. The fourth-order valence-electron chi connectivity index (χ4n) is 3.63. The Bertz CT molecular complexity index is 1100. The molecule has 32 heavy (non-hydrogen) atoms. The molecule has 2 N–H and O–H groups in total. The number of benzene rings is 3. The van der Waals surface area contributed by atoms with Crippen LogP contribution in [-0.2, 0) is 11.3 Å². The van der Waals surface area contributed by atoms with Crippen LogP contribution in [0.2, 0.25) is 0 Å². The topological polar surface area (TPSA) is 63.5 Å². The summed E-state index contributed by atoms with van der Waals surface area (Å²) in [4.78, 5) is 12.2. The molecule has 5 heteroatoms. The number of ether oxygens (including phenoxy) is 1. The van der Waals surface area contributed by atoms with E-state index in [4.69, 9.17) is 9.15 Å². The molecule has 4 rings (SSSR count). The lowest BCUT2D eigenvalue weighted by Gasteiger charge is -2.17. The van der Waals surface area contributed by atoms with Crippen molar-refractivity contribution in [2.24, 2.45) is 0 Å². The summed E-state index contributed by atoms with van der Waals surface area (Å²) in [6, 6.07) is 29.4. The van der Waals surface area contributed by atoms with Crippen LogP contribution in [0.25, 0.3) is 0 Å². The average molecular weight is 427 g/mol. The molecule has 5 nitrogen and oxygen atoms in total. The van der Waals surface area contributed by atoms with Crippen molar-refractivity contribution in [1.29, 1.82) is 0 Å². The summed E-state index contributed by atoms with van der Waals surface area (Å²) < 4.78 is 11.6. The Morgan fingerprint density at radius 3 is 1.88 bits per heavy atom. The molecule has 0 unspecified atom stereocenters. The van der Waals surface area contributed by atoms with E-state index >= 15 is 0 Å². The Morgan fingerprint density at radius 1 is 0.781 bits per heavy atom. The second kappa shape index (κ2) is 9.88. The molecule has 0 aliphatic rings. The molecule has 0 saturated heterocycles. The van der Waals surface area contributed by atoms with Crippen LogP contribution in [0.15, 0.2) is 95.4 Å². The first-order chi connectivity index (χ1) is 15.7. The Labute approximate surface area is 188 Å². The van der Waals surface area contributed by atoms with E-state index in [-0.39, 0.29) is 18.5 Å². The van der Waals surface area contributed by atoms with Crippen LogP contribution in [-0.4, -0.2) is 20.1 Å². The largest absolute Gasteiger partial charge is 0.461 e. The summed E-state index contributed by atoms with van der Waals surface area (Å²) in [5.41, 5.74) is 4.84. The van der Waals surface area contributed by atoms with E-state index in [0.29, 0.717) is 11.3 Å². The fourth-order valence-corrected chi connectivity index (χ4v) is 3.63. The fraction of sp³-hybridized carbons (Fsp3) is 0.148. The first-order valence-corrected chi connectivity index (χ1v) is 10.5. The number of anilines is 2. The highest BCUT2D eigenvalue weighted by Gasteiger charge is 2.21. The zero-order valence-electron chi connectivity index (χ0n) is 18.2. The van der Waals surface area contributed by atoms with E-state index in [0.717, 1.165) is 28.3 Å². The van der Waals surface area contributed by atoms with Gasteiger partial charge in [-0.25, -0.2) is 4.79 Å². The minimum atomic E-state index is -0.370. The summed E-state index contributed by atoms with van der Waals surface area (Å²) in [5, 5.41) is 6.30. The summed E-state index contributed by atoms with van der Waals surface area (Å²) in [6.07, 6.45) is 0. The van der Waals surface area contributed by atoms with Crippen molar-refractivity contribution in [3.63, 3.8) is 0 Å². The van der Waals surface area contributed by atoms with Crippen LogP contribution in [0.4, 0.5) is 11.4 Å². The van der Waals surface area contributed by atoms with Crippen LogP contribution in [0, 0.1) is 0 Å². The van der Waals surface area contributed by atoms with E-state index in [1.165, 1.54) is 0 Å². The molecule has 3 aromatic carbocycles. The number of hydrogen-bond donors (Lipinski definition) is 2. The van der Waals surface area contributed by atoms with Crippen molar-refractivity contribution in [3.05, 3.63) is 119 Å². The Morgan fingerprint density at radius 2 is 1.34 bits per heavy atom. The Balaban J connectivity index is 1.58. The predicted octanol–water partition coefficient (Wildman–Crippen LogP) is 5.90. The van der Waals surface area contributed by atoms with Gasteiger partial charge in [0.15, 0.2) is 0 Å². The second-order valence-electron chi connectivity index (χ2n) is 7.42. The highest BCUT2D eigenvalue weighted by atomic mass is 16.5. The van der Waals surface area contributed by atoms with Crippen molar-refractivity contribution >= 4 is 17.3 Å². The quantitative estimate of drug-likeness (QED) is 0.344. The van der Waals surface area contributed by atoms with Crippen molar-refractivity contribution < 1.29 is 13.9 Å². The molecule has 0 atom stereocenters. The molecule has 0 bridgehead atoms. The first kappa shape index (κ1) is 21.2. The summed E-state index contributed by atoms with van der Waals surface area (Å²) >= 11 is 0. The summed E-state index contributed by atoms with van der Waals surface area (Å²) in [5.74, 6) is 0.953. The third-order valence-corrected chi connectivity index (χ3v) is 5.39. The smallest absolute Gasteiger partial charge is 0.338 e. The lowest BCUT2D eigenvalue weighted by molar-refractivity contribution is 0.0444. The van der Waals surface area contributed by atoms with Crippen molar-refractivity contribution in [3.8, 4) is 0 Å². The molecule has 0 fully saturated rings. The maximum Gasteiger partial charge on any atom is 0.338 e. The maximum atomic E-state index is 12.2. The van der Waals surface area contributed by atoms with Gasteiger partial charge in [0.25, 0.3) is 0 Å². The van der Waals surface area contributed by atoms with Gasteiger partial charge in [0.05, 0.1) is 11.5 Å². The number of rotatable bonds is 8. The molecule has 0 amide bonds. The molecule has 0 radical (unpaired) electrons. The third-order valence-electron chi connectivity index (χ3n) is 5.39. The molecule has 0 aliphatic carbocycles. The van der Waals surface area contributed by atoms with Gasteiger partial charge in [-0.05, 0) is 59.7 Å². The van der Waals surface area contributed by atoms with Crippen LogP contribution >= 0.6 is 0 Å². The standard InChI is InChI=1S/C27H26N2O3/c1-28-22-12-8-19(9-13-22)26(20-10-14-23(29-2)15-11-20)25-17-16-24(32-25)18-31-27(30)21-6-4-3-5-7-21/h3-17,26,28-29H,18H2,1-2H3. The Hall–Kier alpha value is -3.99. The van der Waals surface area contributed by atoms with Gasteiger partial charge in [-0.2, -0.15) is 0 Å². The van der Waals surface area contributed by atoms with E-state index < -0.39 is 0 Å². The average Bonchev–Trinajstić information content (AvgIpc) is 3.32. The summed E-state index contributed by atoms with van der Waals surface area (Å²) in [6.45, 7) is 0.0812. The predicted molar refractivity (Wildman–Crippen MR) is 127 cm³/mol. The van der Waals surface area contributed by atoms with Crippen LogP contribution in [0.3, 0.4) is 0 Å². The van der Waals surface area contributed by atoms with Gasteiger partial charge < -0.3 is 19.8 Å². The number of furan rings is 1. The molecule has 162 valence electrons. The van der Waals surface area contributed by atoms with Gasteiger partial charge in [-0.1, -0.05) is 42.5 Å². The molecule has 4 aromatic rings.